The Morgan fingerprint density at radius 3 is 2.78 bits per heavy atom. The number of carboxylic acids is 1. The van der Waals surface area contributed by atoms with Gasteiger partial charge in [0.2, 0.25) is 5.91 Å². The second-order valence-electron chi connectivity index (χ2n) is 6.86. The van der Waals surface area contributed by atoms with Crippen LogP contribution < -0.4 is 5.32 Å². The fourth-order valence-corrected chi connectivity index (χ4v) is 4.07. The van der Waals surface area contributed by atoms with Crippen LogP contribution in [0.25, 0.3) is 0 Å². The third-order valence-corrected chi connectivity index (χ3v) is 5.56. The highest BCUT2D eigenvalue weighted by Gasteiger charge is 2.55. The topological polar surface area (TPSA) is 69.6 Å². The molecule has 2 fully saturated rings. The zero-order chi connectivity index (χ0) is 16.4. The number of carbonyl (C=O) groups is 2. The molecule has 2 aliphatic rings. The Morgan fingerprint density at radius 2 is 2.13 bits per heavy atom. The molecular weight excluding hydrogens is 292 g/mol. The largest absolute Gasteiger partial charge is 0.481 e. The molecular formula is C18H24N2O3. The maximum absolute atomic E-state index is 12.4. The van der Waals surface area contributed by atoms with E-state index in [0.717, 1.165) is 24.8 Å². The standard InChI is InChI=1S/C18H24N2O3/c1-13(16(21)19-10-14-6-3-2-4-7-14)20-11-15-8-5-9-18(15,12-20)17(22)23/h2-4,6-7,13,15H,5,8-12H2,1H3,(H,19,21)(H,22,23)/t13?,15-,18+/m0/s1. The van der Waals surface area contributed by atoms with Gasteiger partial charge in [-0.25, -0.2) is 0 Å². The predicted octanol–water partition coefficient (Wildman–Crippen LogP) is 1.88. The average molecular weight is 316 g/mol. The van der Waals surface area contributed by atoms with E-state index in [1.54, 1.807) is 0 Å². The van der Waals surface area contributed by atoms with E-state index in [4.69, 9.17) is 0 Å². The summed E-state index contributed by atoms with van der Waals surface area (Å²) in [7, 11) is 0. The van der Waals surface area contributed by atoms with Crippen LogP contribution in [0.5, 0.6) is 0 Å². The van der Waals surface area contributed by atoms with E-state index in [9.17, 15) is 14.7 Å². The first-order chi connectivity index (χ1) is 11.0. The number of aliphatic carboxylic acids is 1. The predicted molar refractivity (Wildman–Crippen MR) is 86.7 cm³/mol. The van der Waals surface area contributed by atoms with Gasteiger partial charge in [-0.1, -0.05) is 36.8 Å². The summed E-state index contributed by atoms with van der Waals surface area (Å²) in [5, 5.41) is 12.6. The molecule has 1 aromatic carbocycles. The van der Waals surface area contributed by atoms with E-state index in [2.05, 4.69) is 5.32 Å². The number of hydrogen-bond donors (Lipinski definition) is 2. The summed E-state index contributed by atoms with van der Waals surface area (Å²) in [5.41, 5.74) is 0.432. The highest BCUT2D eigenvalue weighted by Crippen LogP contribution is 2.49. The van der Waals surface area contributed by atoms with Crippen LogP contribution in [0.1, 0.15) is 31.7 Å². The van der Waals surface area contributed by atoms with Gasteiger partial charge in [0.1, 0.15) is 0 Å². The van der Waals surface area contributed by atoms with Gasteiger partial charge >= 0.3 is 5.97 Å². The molecule has 23 heavy (non-hydrogen) atoms. The molecule has 1 unspecified atom stereocenters. The average Bonchev–Trinajstić information content (AvgIpc) is 3.11. The van der Waals surface area contributed by atoms with Crippen molar-refractivity contribution in [2.75, 3.05) is 13.1 Å². The molecule has 2 N–H and O–H groups in total. The zero-order valence-electron chi connectivity index (χ0n) is 13.5. The van der Waals surface area contributed by atoms with Crippen molar-refractivity contribution >= 4 is 11.9 Å². The summed E-state index contributed by atoms with van der Waals surface area (Å²) >= 11 is 0. The van der Waals surface area contributed by atoms with E-state index >= 15 is 0 Å². The number of hydrogen-bond acceptors (Lipinski definition) is 3. The molecule has 1 amide bonds. The number of benzene rings is 1. The number of nitrogens with zero attached hydrogens (tertiary/aromatic N) is 1. The fourth-order valence-electron chi connectivity index (χ4n) is 4.07. The molecule has 3 atom stereocenters. The van der Waals surface area contributed by atoms with Crippen LogP contribution in [0.4, 0.5) is 0 Å². The minimum Gasteiger partial charge on any atom is -0.481 e. The van der Waals surface area contributed by atoms with E-state index in [0.29, 0.717) is 19.6 Å². The van der Waals surface area contributed by atoms with Crippen LogP contribution in [0.15, 0.2) is 30.3 Å². The van der Waals surface area contributed by atoms with Gasteiger partial charge in [0.25, 0.3) is 0 Å². The van der Waals surface area contributed by atoms with Crippen LogP contribution in [0.2, 0.25) is 0 Å². The maximum atomic E-state index is 12.4. The van der Waals surface area contributed by atoms with Crippen molar-refractivity contribution in [2.45, 2.75) is 38.8 Å². The number of carbonyl (C=O) groups excluding carboxylic acids is 1. The Hall–Kier alpha value is -1.88. The molecule has 5 nitrogen and oxygen atoms in total. The van der Waals surface area contributed by atoms with Crippen molar-refractivity contribution in [3.8, 4) is 0 Å². The molecule has 1 aliphatic heterocycles. The molecule has 3 rings (SSSR count). The second-order valence-corrected chi connectivity index (χ2v) is 6.86. The Morgan fingerprint density at radius 1 is 1.39 bits per heavy atom. The summed E-state index contributed by atoms with van der Waals surface area (Å²) in [6, 6.07) is 9.50. The SMILES string of the molecule is CC(C(=O)NCc1ccccc1)N1C[C@@H]2CCC[C@@]2(C(=O)O)C1. The fraction of sp³-hybridized carbons (Fsp3) is 0.556. The van der Waals surface area contributed by atoms with E-state index in [-0.39, 0.29) is 17.9 Å². The molecule has 0 aromatic heterocycles. The summed E-state index contributed by atoms with van der Waals surface area (Å²) in [6.07, 6.45) is 2.68. The van der Waals surface area contributed by atoms with Crippen molar-refractivity contribution in [1.29, 1.82) is 0 Å². The van der Waals surface area contributed by atoms with E-state index in [1.165, 1.54) is 0 Å². The zero-order valence-corrected chi connectivity index (χ0v) is 13.5. The monoisotopic (exact) mass is 316 g/mol. The summed E-state index contributed by atoms with van der Waals surface area (Å²) in [6.45, 7) is 3.58. The lowest BCUT2D eigenvalue weighted by molar-refractivity contribution is -0.149. The normalized spacial score (nSPS) is 28.3. The van der Waals surface area contributed by atoms with Crippen molar-refractivity contribution < 1.29 is 14.7 Å². The molecule has 5 heteroatoms. The first-order valence-corrected chi connectivity index (χ1v) is 8.32. The third kappa shape index (κ3) is 2.98. The minimum atomic E-state index is -0.695. The summed E-state index contributed by atoms with van der Waals surface area (Å²) < 4.78 is 0. The van der Waals surface area contributed by atoms with E-state index < -0.39 is 11.4 Å². The smallest absolute Gasteiger partial charge is 0.311 e. The van der Waals surface area contributed by atoms with Crippen LogP contribution in [0, 0.1) is 11.3 Å². The first-order valence-electron chi connectivity index (χ1n) is 8.32. The van der Waals surface area contributed by atoms with Crippen molar-refractivity contribution in [2.24, 2.45) is 11.3 Å². The van der Waals surface area contributed by atoms with Gasteiger partial charge in [0, 0.05) is 19.6 Å². The first kappa shape index (κ1) is 16.0. The number of carboxylic acid groups (broad SMARTS) is 1. The van der Waals surface area contributed by atoms with Crippen molar-refractivity contribution in [3.63, 3.8) is 0 Å². The van der Waals surface area contributed by atoms with Gasteiger partial charge < -0.3 is 10.4 Å². The molecule has 124 valence electrons. The Kier molecular flexibility index (Phi) is 4.39. The van der Waals surface area contributed by atoms with E-state index in [1.807, 2.05) is 42.2 Å². The molecule has 0 spiro atoms. The number of amides is 1. The highest BCUT2D eigenvalue weighted by atomic mass is 16.4. The van der Waals surface area contributed by atoms with Gasteiger partial charge in [-0.3, -0.25) is 14.5 Å². The molecule has 0 bridgehead atoms. The lowest BCUT2D eigenvalue weighted by Gasteiger charge is -2.26. The van der Waals surface area contributed by atoms with Crippen LogP contribution >= 0.6 is 0 Å². The molecule has 1 aromatic rings. The molecule has 1 saturated carbocycles. The van der Waals surface area contributed by atoms with Gasteiger partial charge in [-0.2, -0.15) is 0 Å². The lowest BCUT2D eigenvalue weighted by atomic mass is 9.81. The summed E-state index contributed by atoms with van der Waals surface area (Å²) in [4.78, 5) is 26.2. The Labute approximate surface area is 136 Å². The van der Waals surface area contributed by atoms with Gasteiger partial charge in [0.15, 0.2) is 0 Å². The molecule has 1 aliphatic carbocycles. The lowest BCUT2D eigenvalue weighted by Crippen LogP contribution is -2.45. The van der Waals surface area contributed by atoms with Crippen LogP contribution in [-0.4, -0.2) is 41.0 Å². The summed E-state index contributed by atoms with van der Waals surface area (Å²) in [5.74, 6) is -0.543. The molecule has 1 saturated heterocycles. The minimum absolute atomic E-state index is 0.0330. The number of likely N-dealkylation sites (tertiary alicyclic amines) is 1. The van der Waals surface area contributed by atoms with Crippen molar-refractivity contribution in [1.82, 2.24) is 10.2 Å². The van der Waals surface area contributed by atoms with Crippen molar-refractivity contribution in [3.05, 3.63) is 35.9 Å². The number of fused-ring (bicyclic) bond motifs is 1. The van der Waals surface area contributed by atoms with Crippen LogP contribution in [-0.2, 0) is 16.1 Å². The Bertz CT molecular complexity index is 589. The second kappa shape index (κ2) is 6.32. The number of nitrogens with one attached hydrogen (secondary N) is 1. The maximum Gasteiger partial charge on any atom is 0.311 e. The number of rotatable bonds is 5. The highest BCUT2D eigenvalue weighted by molar-refractivity contribution is 5.82. The quantitative estimate of drug-likeness (QED) is 0.870. The molecule has 0 radical (unpaired) electrons. The van der Waals surface area contributed by atoms with Gasteiger partial charge in [-0.15, -0.1) is 0 Å². The Balaban J connectivity index is 1.59. The molecule has 1 heterocycles. The van der Waals surface area contributed by atoms with Crippen LogP contribution in [0.3, 0.4) is 0 Å². The van der Waals surface area contributed by atoms with Gasteiger partial charge in [-0.05, 0) is 31.2 Å². The third-order valence-electron chi connectivity index (χ3n) is 5.56. The van der Waals surface area contributed by atoms with Gasteiger partial charge in [0.05, 0.1) is 11.5 Å².